The van der Waals surface area contributed by atoms with Gasteiger partial charge in [0.1, 0.15) is 0 Å². The second kappa shape index (κ2) is 8.07. The molecule has 1 atom stereocenters. The van der Waals surface area contributed by atoms with Gasteiger partial charge < -0.3 is 10.1 Å². The molecule has 0 fully saturated rings. The largest absolute Gasteiger partial charge is 0.478 e. The highest BCUT2D eigenvalue weighted by atomic mass is 16.5. The van der Waals surface area contributed by atoms with Gasteiger partial charge >= 0.3 is 0 Å². The maximum atomic E-state index is 5.64. The SMILES string of the molecule is CCCCCOc1cc(C(C)NCC)ccn1. The normalized spacial score (nSPS) is 12.4. The first kappa shape index (κ1) is 14.0. The van der Waals surface area contributed by atoms with E-state index in [0.29, 0.717) is 6.04 Å². The predicted octanol–water partition coefficient (Wildman–Crippen LogP) is 3.32. The van der Waals surface area contributed by atoms with Crippen LogP contribution in [0.15, 0.2) is 18.3 Å². The molecule has 0 saturated carbocycles. The van der Waals surface area contributed by atoms with Gasteiger partial charge in [0.25, 0.3) is 0 Å². The molecule has 0 amide bonds. The summed E-state index contributed by atoms with van der Waals surface area (Å²) >= 11 is 0. The fourth-order valence-corrected chi connectivity index (χ4v) is 1.73. The average Bonchev–Trinajstić information content (AvgIpc) is 2.35. The summed E-state index contributed by atoms with van der Waals surface area (Å²) in [5.41, 5.74) is 1.23. The van der Waals surface area contributed by atoms with Crippen molar-refractivity contribution in [1.29, 1.82) is 0 Å². The van der Waals surface area contributed by atoms with Gasteiger partial charge in [-0.15, -0.1) is 0 Å². The maximum absolute atomic E-state index is 5.64. The minimum absolute atomic E-state index is 0.348. The lowest BCUT2D eigenvalue weighted by Crippen LogP contribution is -2.17. The zero-order valence-electron chi connectivity index (χ0n) is 11.2. The van der Waals surface area contributed by atoms with Gasteiger partial charge in [-0.3, -0.25) is 0 Å². The molecule has 0 bridgehead atoms. The van der Waals surface area contributed by atoms with Gasteiger partial charge in [0.2, 0.25) is 5.88 Å². The maximum Gasteiger partial charge on any atom is 0.213 e. The van der Waals surface area contributed by atoms with Crippen LogP contribution in [0.25, 0.3) is 0 Å². The molecule has 96 valence electrons. The van der Waals surface area contributed by atoms with E-state index in [-0.39, 0.29) is 0 Å². The van der Waals surface area contributed by atoms with E-state index in [2.05, 4.69) is 31.1 Å². The van der Waals surface area contributed by atoms with Crippen molar-refractivity contribution in [2.45, 2.75) is 46.1 Å². The fourth-order valence-electron chi connectivity index (χ4n) is 1.73. The monoisotopic (exact) mass is 236 g/mol. The first-order valence-corrected chi connectivity index (χ1v) is 6.60. The number of aromatic nitrogens is 1. The highest BCUT2D eigenvalue weighted by Gasteiger charge is 2.05. The lowest BCUT2D eigenvalue weighted by Gasteiger charge is -2.13. The number of hydrogen-bond donors (Lipinski definition) is 1. The summed E-state index contributed by atoms with van der Waals surface area (Å²) in [5, 5.41) is 3.38. The molecule has 0 spiro atoms. The van der Waals surface area contributed by atoms with Crippen LogP contribution in [0.3, 0.4) is 0 Å². The van der Waals surface area contributed by atoms with Crippen LogP contribution in [0.4, 0.5) is 0 Å². The summed E-state index contributed by atoms with van der Waals surface area (Å²) in [7, 11) is 0. The van der Waals surface area contributed by atoms with E-state index in [1.54, 1.807) is 0 Å². The minimum atomic E-state index is 0.348. The van der Waals surface area contributed by atoms with Gasteiger partial charge in [-0.2, -0.15) is 0 Å². The summed E-state index contributed by atoms with van der Waals surface area (Å²) in [6, 6.07) is 4.41. The lowest BCUT2D eigenvalue weighted by atomic mass is 10.1. The Balaban J connectivity index is 2.47. The number of nitrogens with one attached hydrogen (secondary N) is 1. The molecule has 0 radical (unpaired) electrons. The van der Waals surface area contributed by atoms with Crippen LogP contribution in [-0.2, 0) is 0 Å². The van der Waals surface area contributed by atoms with Crippen molar-refractivity contribution in [3.8, 4) is 5.88 Å². The van der Waals surface area contributed by atoms with E-state index >= 15 is 0 Å². The summed E-state index contributed by atoms with van der Waals surface area (Å²) in [4.78, 5) is 4.23. The molecule has 1 rings (SSSR count). The number of unbranched alkanes of at least 4 members (excludes halogenated alkanes) is 2. The van der Waals surface area contributed by atoms with Crippen LogP contribution in [0.2, 0.25) is 0 Å². The topological polar surface area (TPSA) is 34.1 Å². The van der Waals surface area contributed by atoms with Crippen LogP contribution >= 0.6 is 0 Å². The summed E-state index contributed by atoms with van der Waals surface area (Å²) in [5.74, 6) is 0.739. The minimum Gasteiger partial charge on any atom is -0.478 e. The van der Waals surface area contributed by atoms with E-state index in [4.69, 9.17) is 4.74 Å². The van der Waals surface area contributed by atoms with Crippen LogP contribution in [0, 0.1) is 0 Å². The second-order valence-electron chi connectivity index (χ2n) is 4.26. The molecular weight excluding hydrogens is 212 g/mol. The zero-order valence-corrected chi connectivity index (χ0v) is 11.2. The second-order valence-corrected chi connectivity index (χ2v) is 4.26. The Morgan fingerprint density at radius 1 is 1.35 bits per heavy atom. The Hall–Kier alpha value is -1.09. The molecule has 0 aliphatic heterocycles. The molecule has 0 aliphatic carbocycles. The molecule has 3 nitrogen and oxygen atoms in total. The van der Waals surface area contributed by atoms with Gasteiger partial charge in [-0.25, -0.2) is 4.98 Å². The number of nitrogens with zero attached hydrogens (tertiary/aromatic N) is 1. The first-order chi connectivity index (χ1) is 8.27. The third-order valence-corrected chi connectivity index (χ3v) is 2.77. The highest BCUT2D eigenvalue weighted by Crippen LogP contribution is 2.16. The van der Waals surface area contributed by atoms with Crippen LogP contribution in [0.1, 0.15) is 51.6 Å². The Bertz CT molecular complexity index is 315. The number of pyridine rings is 1. The van der Waals surface area contributed by atoms with E-state index < -0.39 is 0 Å². The molecule has 1 aromatic rings. The summed E-state index contributed by atoms with van der Waals surface area (Å²) in [6.07, 6.45) is 5.35. The first-order valence-electron chi connectivity index (χ1n) is 6.60. The molecule has 0 saturated heterocycles. The van der Waals surface area contributed by atoms with Crippen molar-refractivity contribution in [2.75, 3.05) is 13.2 Å². The third kappa shape index (κ3) is 5.18. The molecule has 0 aliphatic rings. The Morgan fingerprint density at radius 2 is 2.18 bits per heavy atom. The number of hydrogen-bond acceptors (Lipinski definition) is 3. The molecule has 1 N–H and O–H groups in total. The number of rotatable bonds is 8. The zero-order chi connectivity index (χ0) is 12.5. The molecule has 17 heavy (non-hydrogen) atoms. The standard InChI is InChI=1S/C14H24N2O/c1-4-6-7-10-17-14-11-13(8-9-16-14)12(3)15-5-2/h8-9,11-12,15H,4-7,10H2,1-3H3. The van der Waals surface area contributed by atoms with Crippen molar-refractivity contribution in [1.82, 2.24) is 10.3 Å². The van der Waals surface area contributed by atoms with Crippen molar-refractivity contribution >= 4 is 0 Å². The van der Waals surface area contributed by atoms with Crippen LogP contribution in [-0.4, -0.2) is 18.1 Å². The highest BCUT2D eigenvalue weighted by molar-refractivity contribution is 5.23. The van der Waals surface area contributed by atoms with E-state index in [1.807, 2.05) is 18.3 Å². The molecule has 0 aromatic carbocycles. The van der Waals surface area contributed by atoms with Crippen LogP contribution < -0.4 is 10.1 Å². The lowest BCUT2D eigenvalue weighted by molar-refractivity contribution is 0.294. The Labute approximate surface area is 105 Å². The third-order valence-electron chi connectivity index (χ3n) is 2.77. The van der Waals surface area contributed by atoms with Gasteiger partial charge in [-0.1, -0.05) is 26.7 Å². The van der Waals surface area contributed by atoms with Crippen molar-refractivity contribution in [3.05, 3.63) is 23.9 Å². The Morgan fingerprint density at radius 3 is 2.88 bits per heavy atom. The van der Waals surface area contributed by atoms with Crippen LogP contribution in [0.5, 0.6) is 5.88 Å². The van der Waals surface area contributed by atoms with Gasteiger partial charge in [0.15, 0.2) is 0 Å². The molecule has 3 heteroatoms. The smallest absolute Gasteiger partial charge is 0.213 e. The van der Waals surface area contributed by atoms with Crippen molar-refractivity contribution < 1.29 is 4.74 Å². The van der Waals surface area contributed by atoms with Crippen molar-refractivity contribution in [2.24, 2.45) is 0 Å². The average molecular weight is 236 g/mol. The van der Waals surface area contributed by atoms with Gasteiger partial charge in [0.05, 0.1) is 6.61 Å². The van der Waals surface area contributed by atoms with E-state index in [9.17, 15) is 0 Å². The van der Waals surface area contributed by atoms with Crippen molar-refractivity contribution in [3.63, 3.8) is 0 Å². The Kier molecular flexibility index (Phi) is 6.63. The van der Waals surface area contributed by atoms with E-state index in [0.717, 1.165) is 25.5 Å². The summed E-state index contributed by atoms with van der Waals surface area (Å²) in [6.45, 7) is 8.19. The molecule has 1 unspecified atom stereocenters. The molecular formula is C14H24N2O. The van der Waals surface area contributed by atoms with Gasteiger partial charge in [0, 0.05) is 18.3 Å². The summed E-state index contributed by atoms with van der Waals surface area (Å²) < 4.78 is 5.64. The number of ether oxygens (including phenoxy) is 1. The molecule has 1 heterocycles. The van der Waals surface area contributed by atoms with Gasteiger partial charge in [-0.05, 0) is 31.5 Å². The molecule has 1 aromatic heterocycles. The quantitative estimate of drug-likeness (QED) is 0.703. The predicted molar refractivity (Wildman–Crippen MR) is 71.3 cm³/mol. The fraction of sp³-hybridized carbons (Fsp3) is 0.643. The van der Waals surface area contributed by atoms with E-state index in [1.165, 1.54) is 18.4 Å².